The van der Waals surface area contributed by atoms with Gasteiger partial charge in [-0.2, -0.15) is 0 Å². The highest BCUT2D eigenvalue weighted by Gasteiger charge is 2.18. The lowest BCUT2D eigenvalue weighted by atomic mass is 10.0. The Morgan fingerprint density at radius 3 is 2.48 bits per heavy atom. The topological polar surface area (TPSA) is 46.4 Å². The van der Waals surface area contributed by atoms with E-state index in [9.17, 15) is 4.79 Å². The van der Waals surface area contributed by atoms with E-state index < -0.39 is 0 Å². The number of fused-ring (bicyclic) bond motifs is 2. The number of carbonyl (C=O) groups excluding carboxylic acids is 1. The number of benzene rings is 3. The number of pyridine rings is 1. The lowest BCUT2D eigenvalue weighted by Gasteiger charge is -2.09. The highest BCUT2D eigenvalue weighted by atomic mass is 79.9. The summed E-state index contributed by atoms with van der Waals surface area (Å²) in [6.07, 6.45) is 1.91. The lowest BCUT2D eigenvalue weighted by molar-refractivity contribution is 0.102. The highest BCUT2D eigenvalue weighted by molar-refractivity contribution is 9.10. The van der Waals surface area contributed by atoms with Crippen molar-refractivity contribution < 1.29 is 4.79 Å². The molecule has 2 heterocycles. The van der Waals surface area contributed by atoms with Crippen molar-refractivity contribution in [3.8, 4) is 11.3 Å². The highest BCUT2D eigenvalue weighted by Crippen LogP contribution is 2.31. The van der Waals surface area contributed by atoms with Gasteiger partial charge in [-0.05, 0) is 57.0 Å². The molecule has 0 aliphatic heterocycles. The van der Waals surface area contributed by atoms with Gasteiger partial charge >= 0.3 is 0 Å². The molecule has 5 aromatic rings. The SMILES string of the molecule is O=C(Nc1c(-c2ccc3ccccc3c2)nc2ccccn12)c1ccccc1Br. The van der Waals surface area contributed by atoms with Crippen molar-refractivity contribution in [1.82, 2.24) is 9.38 Å². The van der Waals surface area contributed by atoms with Gasteiger partial charge in [-0.1, -0.05) is 54.6 Å². The zero-order chi connectivity index (χ0) is 19.8. The molecule has 0 radical (unpaired) electrons. The molecule has 0 spiro atoms. The van der Waals surface area contributed by atoms with E-state index >= 15 is 0 Å². The van der Waals surface area contributed by atoms with E-state index in [1.54, 1.807) is 6.07 Å². The number of imidazole rings is 1. The monoisotopic (exact) mass is 441 g/mol. The normalized spacial score (nSPS) is 11.1. The molecule has 5 heteroatoms. The molecule has 1 amide bonds. The van der Waals surface area contributed by atoms with Crippen LogP contribution in [-0.4, -0.2) is 15.3 Å². The van der Waals surface area contributed by atoms with E-state index in [2.05, 4.69) is 45.5 Å². The Morgan fingerprint density at radius 1 is 0.862 bits per heavy atom. The number of aromatic nitrogens is 2. The van der Waals surface area contributed by atoms with Crippen LogP contribution in [-0.2, 0) is 0 Å². The van der Waals surface area contributed by atoms with Gasteiger partial charge in [0, 0.05) is 16.2 Å². The van der Waals surface area contributed by atoms with E-state index in [0.29, 0.717) is 11.4 Å². The Labute approximate surface area is 176 Å². The van der Waals surface area contributed by atoms with Gasteiger partial charge in [0.2, 0.25) is 0 Å². The largest absolute Gasteiger partial charge is 0.306 e. The number of halogens is 1. The molecule has 2 aromatic heterocycles. The summed E-state index contributed by atoms with van der Waals surface area (Å²) in [5, 5.41) is 5.36. The van der Waals surface area contributed by atoms with Crippen LogP contribution >= 0.6 is 15.9 Å². The number of carbonyl (C=O) groups is 1. The first-order chi connectivity index (χ1) is 14.2. The van der Waals surface area contributed by atoms with Crippen LogP contribution in [0.4, 0.5) is 5.82 Å². The summed E-state index contributed by atoms with van der Waals surface area (Å²) in [5.41, 5.74) is 3.04. The number of nitrogens with zero attached hydrogens (tertiary/aromatic N) is 2. The van der Waals surface area contributed by atoms with Crippen LogP contribution in [0.15, 0.2) is 95.6 Å². The van der Waals surface area contributed by atoms with Crippen LogP contribution in [0.5, 0.6) is 0 Å². The first-order valence-corrected chi connectivity index (χ1v) is 10.0. The summed E-state index contributed by atoms with van der Waals surface area (Å²) < 4.78 is 2.65. The van der Waals surface area contributed by atoms with Crippen LogP contribution < -0.4 is 5.32 Å². The maximum atomic E-state index is 13.0. The summed E-state index contributed by atoms with van der Waals surface area (Å²) in [6, 6.07) is 27.6. The zero-order valence-corrected chi connectivity index (χ0v) is 16.9. The van der Waals surface area contributed by atoms with E-state index in [1.807, 2.05) is 65.2 Å². The summed E-state index contributed by atoms with van der Waals surface area (Å²) in [7, 11) is 0. The molecule has 29 heavy (non-hydrogen) atoms. The number of rotatable bonds is 3. The standard InChI is InChI=1S/C24H16BrN3O/c25-20-10-4-3-9-19(20)24(29)27-23-22(26-21-11-5-6-14-28(21)23)18-13-12-16-7-1-2-8-17(16)15-18/h1-15H,(H,27,29). The molecule has 0 bridgehead atoms. The molecule has 0 saturated heterocycles. The van der Waals surface area contributed by atoms with Gasteiger partial charge < -0.3 is 5.32 Å². The summed E-state index contributed by atoms with van der Waals surface area (Å²) >= 11 is 3.46. The molecule has 5 rings (SSSR count). The second-order valence-corrected chi connectivity index (χ2v) is 7.59. The molecule has 0 unspecified atom stereocenters. The minimum absolute atomic E-state index is 0.190. The van der Waals surface area contributed by atoms with Gasteiger partial charge in [-0.3, -0.25) is 9.20 Å². The maximum absolute atomic E-state index is 13.0. The van der Waals surface area contributed by atoms with E-state index in [-0.39, 0.29) is 5.91 Å². The Balaban J connectivity index is 1.66. The maximum Gasteiger partial charge on any atom is 0.257 e. The second-order valence-electron chi connectivity index (χ2n) is 6.73. The minimum atomic E-state index is -0.190. The molecule has 140 valence electrons. The van der Waals surface area contributed by atoms with Crippen molar-refractivity contribution in [3.05, 3.63) is 101 Å². The van der Waals surface area contributed by atoms with E-state index in [0.717, 1.165) is 26.8 Å². The Bertz CT molecular complexity index is 1370. The summed E-state index contributed by atoms with van der Waals surface area (Å²) in [6.45, 7) is 0. The molecule has 0 aliphatic rings. The van der Waals surface area contributed by atoms with Crippen LogP contribution in [0.2, 0.25) is 0 Å². The predicted molar refractivity (Wildman–Crippen MR) is 120 cm³/mol. The predicted octanol–water partition coefficient (Wildman–Crippen LogP) is 6.17. The smallest absolute Gasteiger partial charge is 0.257 e. The van der Waals surface area contributed by atoms with Crippen LogP contribution in [0.1, 0.15) is 10.4 Å². The first-order valence-electron chi connectivity index (χ1n) is 9.23. The van der Waals surface area contributed by atoms with Crippen molar-refractivity contribution in [2.45, 2.75) is 0 Å². The summed E-state index contributed by atoms with van der Waals surface area (Å²) in [4.78, 5) is 17.8. The number of hydrogen-bond acceptors (Lipinski definition) is 2. The van der Waals surface area contributed by atoms with Gasteiger partial charge in [0.05, 0.1) is 5.56 Å². The number of amides is 1. The van der Waals surface area contributed by atoms with Crippen molar-refractivity contribution in [2.75, 3.05) is 5.32 Å². The molecule has 3 aromatic carbocycles. The molecule has 0 saturated carbocycles. The average Bonchev–Trinajstić information content (AvgIpc) is 3.12. The quantitative estimate of drug-likeness (QED) is 0.363. The van der Waals surface area contributed by atoms with Crippen molar-refractivity contribution in [1.29, 1.82) is 0 Å². The van der Waals surface area contributed by atoms with Crippen molar-refractivity contribution in [2.24, 2.45) is 0 Å². The van der Waals surface area contributed by atoms with Gasteiger partial charge in [-0.25, -0.2) is 4.98 Å². The second kappa shape index (κ2) is 7.18. The van der Waals surface area contributed by atoms with E-state index in [4.69, 9.17) is 4.98 Å². The molecule has 0 fully saturated rings. The van der Waals surface area contributed by atoms with Gasteiger partial charge in [-0.15, -0.1) is 0 Å². The van der Waals surface area contributed by atoms with Gasteiger partial charge in [0.25, 0.3) is 5.91 Å². The fourth-order valence-electron chi connectivity index (χ4n) is 3.47. The van der Waals surface area contributed by atoms with Crippen molar-refractivity contribution >= 4 is 44.1 Å². The Hall–Kier alpha value is -3.44. The molecular weight excluding hydrogens is 426 g/mol. The average molecular weight is 442 g/mol. The number of nitrogens with one attached hydrogen (secondary N) is 1. The molecule has 4 nitrogen and oxygen atoms in total. The van der Waals surface area contributed by atoms with Gasteiger partial charge in [0.15, 0.2) is 0 Å². The van der Waals surface area contributed by atoms with Crippen LogP contribution in [0, 0.1) is 0 Å². The van der Waals surface area contributed by atoms with Crippen LogP contribution in [0.3, 0.4) is 0 Å². The fourth-order valence-corrected chi connectivity index (χ4v) is 3.94. The Morgan fingerprint density at radius 2 is 1.62 bits per heavy atom. The number of anilines is 1. The van der Waals surface area contributed by atoms with Crippen LogP contribution in [0.25, 0.3) is 27.7 Å². The minimum Gasteiger partial charge on any atom is -0.306 e. The summed E-state index contributed by atoms with van der Waals surface area (Å²) in [5.74, 6) is 0.460. The third-order valence-corrected chi connectivity index (χ3v) is 5.59. The molecule has 0 aliphatic carbocycles. The number of hydrogen-bond donors (Lipinski definition) is 1. The third-order valence-electron chi connectivity index (χ3n) is 4.90. The third kappa shape index (κ3) is 3.19. The lowest BCUT2D eigenvalue weighted by Crippen LogP contribution is -2.14. The van der Waals surface area contributed by atoms with Crippen molar-refractivity contribution in [3.63, 3.8) is 0 Å². The zero-order valence-electron chi connectivity index (χ0n) is 15.3. The Kier molecular flexibility index (Phi) is 4.37. The van der Waals surface area contributed by atoms with Gasteiger partial charge in [0.1, 0.15) is 17.2 Å². The molecular formula is C24H16BrN3O. The molecule has 1 N–H and O–H groups in total. The first kappa shape index (κ1) is 17.6. The van der Waals surface area contributed by atoms with E-state index in [1.165, 1.54) is 5.39 Å². The fraction of sp³-hybridized carbons (Fsp3) is 0. The molecule has 0 atom stereocenters.